The van der Waals surface area contributed by atoms with E-state index in [9.17, 15) is 13.2 Å². The van der Waals surface area contributed by atoms with Crippen LogP contribution in [-0.2, 0) is 14.8 Å². The number of anilines is 2. The highest BCUT2D eigenvalue weighted by atomic mass is 35.5. The van der Waals surface area contributed by atoms with Crippen LogP contribution in [0.3, 0.4) is 0 Å². The van der Waals surface area contributed by atoms with Gasteiger partial charge in [0.15, 0.2) is 0 Å². The third-order valence-electron chi connectivity index (χ3n) is 6.36. The van der Waals surface area contributed by atoms with Crippen molar-refractivity contribution < 1.29 is 13.2 Å². The number of carbonyl (C=O) groups is 1. The third-order valence-corrected chi connectivity index (χ3v) is 8.51. The van der Waals surface area contributed by atoms with Crippen molar-refractivity contribution in [3.05, 3.63) is 53.6 Å². The molecule has 8 heteroatoms. The van der Waals surface area contributed by atoms with Crippen LogP contribution < -0.4 is 10.2 Å². The van der Waals surface area contributed by atoms with Crippen LogP contribution in [0.5, 0.6) is 0 Å². The Hall–Kier alpha value is -2.09. The molecule has 0 saturated carbocycles. The van der Waals surface area contributed by atoms with Crippen molar-refractivity contribution in [3.8, 4) is 0 Å². The predicted molar refractivity (Wildman–Crippen MR) is 129 cm³/mol. The number of hydrogen-bond acceptors (Lipinski definition) is 4. The summed E-state index contributed by atoms with van der Waals surface area (Å²) in [6, 6.07) is 14.3. The standard InChI is InChI=1S/C24H30ClN3O3S/c25-20-6-5-7-22(18-20)27-16-12-19(13-17-27)24(29)26-21-8-10-23(11-9-21)32(30,31)28-14-3-1-2-4-15-28/h5-11,18-19H,1-4,12-17H2,(H,26,29). The number of nitrogens with zero attached hydrogens (tertiary/aromatic N) is 2. The fourth-order valence-corrected chi connectivity index (χ4v) is 6.16. The molecule has 6 nitrogen and oxygen atoms in total. The van der Waals surface area contributed by atoms with E-state index in [1.54, 1.807) is 28.6 Å². The van der Waals surface area contributed by atoms with E-state index in [1.807, 2.05) is 24.3 Å². The van der Waals surface area contributed by atoms with E-state index in [0.717, 1.165) is 57.3 Å². The number of piperidine rings is 1. The number of carbonyl (C=O) groups excluding carboxylic acids is 1. The van der Waals surface area contributed by atoms with Gasteiger partial charge in [-0.05, 0) is 68.1 Å². The van der Waals surface area contributed by atoms with Crippen LogP contribution in [0.15, 0.2) is 53.4 Å². The zero-order chi connectivity index (χ0) is 22.6. The number of amides is 1. The first-order valence-corrected chi connectivity index (χ1v) is 13.2. The third kappa shape index (κ3) is 5.45. The van der Waals surface area contributed by atoms with Gasteiger partial charge >= 0.3 is 0 Å². The van der Waals surface area contributed by atoms with E-state index in [4.69, 9.17) is 11.6 Å². The lowest BCUT2D eigenvalue weighted by Gasteiger charge is -2.33. The molecule has 0 radical (unpaired) electrons. The Morgan fingerprint density at radius 2 is 1.56 bits per heavy atom. The Bertz CT molecular complexity index is 1030. The smallest absolute Gasteiger partial charge is 0.243 e. The minimum absolute atomic E-state index is 0.0149. The van der Waals surface area contributed by atoms with Gasteiger partial charge in [-0.2, -0.15) is 4.31 Å². The molecule has 0 unspecified atom stereocenters. The summed E-state index contributed by atoms with van der Waals surface area (Å²) in [6.07, 6.45) is 5.50. The molecule has 32 heavy (non-hydrogen) atoms. The molecule has 1 amide bonds. The van der Waals surface area contributed by atoms with Gasteiger partial charge in [-0.3, -0.25) is 4.79 Å². The summed E-state index contributed by atoms with van der Waals surface area (Å²) in [5.74, 6) is -0.0789. The van der Waals surface area contributed by atoms with Gasteiger partial charge in [0.1, 0.15) is 0 Å². The van der Waals surface area contributed by atoms with Crippen molar-refractivity contribution in [3.63, 3.8) is 0 Å². The zero-order valence-corrected chi connectivity index (χ0v) is 19.7. The van der Waals surface area contributed by atoms with Crippen molar-refractivity contribution in [1.82, 2.24) is 4.31 Å². The molecule has 0 spiro atoms. The summed E-state index contributed by atoms with van der Waals surface area (Å²) < 4.78 is 27.4. The van der Waals surface area contributed by atoms with Gasteiger partial charge in [-0.1, -0.05) is 30.5 Å². The molecule has 0 aromatic heterocycles. The van der Waals surface area contributed by atoms with Gasteiger partial charge in [-0.15, -0.1) is 0 Å². The highest BCUT2D eigenvalue weighted by molar-refractivity contribution is 7.89. The molecule has 172 valence electrons. The molecule has 0 bridgehead atoms. The first-order chi connectivity index (χ1) is 15.4. The van der Waals surface area contributed by atoms with E-state index < -0.39 is 10.0 Å². The summed E-state index contributed by atoms with van der Waals surface area (Å²) in [7, 11) is -3.48. The number of hydrogen-bond donors (Lipinski definition) is 1. The second kappa shape index (κ2) is 10.2. The van der Waals surface area contributed by atoms with Crippen LogP contribution in [0.1, 0.15) is 38.5 Å². The van der Waals surface area contributed by atoms with Gasteiger partial charge in [0, 0.05) is 48.5 Å². The topological polar surface area (TPSA) is 69.7 Å². The second-order valence-electron chi connectivity index (χ2n) is 8.57. The Balaban J connectivity index is 1.33. The SMILES string of the molecule is O=C(Nc1ccc(S(=O)(=O)N2CCCCCC2)cc1)C1CCN(c2cccc(Cl)c2)CC1. The van der Waals surface area contributed by atoms with Gasteiger partial charge < -0.3 is 10.2 Å². The van der Waals surface area contributed by atoms with E-state index in [1.165, 1.54) is 0 Å². The Labute approximate surface area is 195 Å². The lowest BCUT2D eigenvalue weighted by molar-refractivity contribution is -0.120. The summed E-state index contributed by atoms with van der Waals surface area (Å²) in [5, 5.41) is 3.67. The van der Waals surface area contributed by atoms with Crippen LogP contribution in [0.4, 0.5) is 11.4 Å². The number of benzene rings is 2. The van der Waals surface area contributed by atoms with Crippen LogP contribution >= 0.6 is 11.6 Å². The fourth-order valence-electron chi connectivity index (χ4n) is 4.46. The lowest BCUT2D eigenvalue weighted by Crippen LogP contribution is -2.38. The van der Waals surface area contributed by atoms with Gasteiger partial charge in [0.25, 0.3) is 0 Å². The van der Waals surface area contributed by atoms with Gasteiger partial charge in [-0.25, -0.2) is 8.42 Å². The van der Waals surface area contributed by atoms with Crippen molar-refractivity contribution in [2.24, 2.45) is 5.92 Å². The lowest BCUT2D eigenvalue weighted by atomic mass is 9.95. The maximum absolute atomic E-state index is 12.9. The van der Waals surface area contributed by atoms with Crippen molar-refractivity contribution in [1.29, 1.82) is 0 Å². The first-order valence-electron chi connectivity index (χ1n) is 11.3. The molecule has 2 fully saturated rings. The normalized spacial score (nSPS) is 18.8. The Morgan fingerprint density at radius 3 is 2.19 bits per heavy atom. The molecule has 2 aromatic carbocycles. The molecular formula is C24H30ClN3O3S. The first kappa shape index (κ1) is 23.1. The molecule has 0 atom stereocenters. The van der Waals surface area contributed by atoms with Crippen LogP contribution in [0.25, 0.3) is 0 Å². The number of sulfonamides is 1. The highest BCUT2D eigenvalue weighted by Gasteiger charge is 2.27. The van der Waals surface area contributed by atoms with Crippen molar-refractivity contribution in [2.75, 3.05) is 36.4 Å². The van der Waals surface area contributed by atoms with Gasteiger partial charge in [0.2, 0.25) is 15.9 Å². The summed E-state index contributed by atoms with van der Waals surface area (Å²) in [6.45, 7) is 2.75. The van der Waals surface area contributed by atoms with E-state index in [-0.39, 0.29) is 16.7 Å². The van der Waals surface area contributed by atoms with E-state index in [0.29, 0.717) is 23.8 Å². The van der Waals surface area contributed by atoms with Crippen molar-refractivity contribution in [2.45, 2.75) is 43.4 Å². The maximum Gasteiger partial charge on any atom is 0.243 e. The minimum atomic E-state index is -3.48. The van der Waals surface area contributed by atoms with Gasteiger partial charge in [0.05, 0.1) is 4.90 Å². The highest BCUT2D eigenvalue weighted by Crippen LogP contribution is 2.27. The van der Waals surface area contributed by atoms with Crippen LogP contribution in [-0.4, -0.2) is 44.8 Å². The quantitative estimate of drug-likeness (QED) is 0.676. The number of nitrogens with one attached hydrogen (secondary N) is 1. The van der Waals surface area contributed by atoms with Crippen molar-refractivity contribution >= 4 is 38.9 Å². The average molecular weight is 476 g/mol. The summed E-state index contributed by atoms with van der Waals surface area (Å²) in [4.78, 5) is 15.3. The number of halogens is 1. The molecule has 4 rings (SSSR count). The monoisotopic (exact) mass is 475 g/mol. The Morgan fingerprint density at radius 1 is 0.906 bits per heavy atom. The second-order valence-corrected chi connectivity index (χ2v) is 10.9. The summed E-state index contributed by atoms with van der Waals surface area (Å²) in [5.41, 5.74) is 1.71. The fraction of sp³-hybridized carbons (Fsp3) is 0.458. The molecule has 2 aromatic rings. The average Bonchev–Trinajstić information content (AvgIpc) is 3.10. The zero-order valence-electron chi connectivity index (χ0n) is 18.2. The van der Waals surface area contributed by atoms with E-state index >= 15 is 0 Å². The Kier molecular flexibility index (Phi) is 7.38. The largest absolute Gasteiger partial charge is 0.371 e. The molecular weight excluding hydrogens is 446 g/mol. The summed E-state index contributed by atoms with van der Waals surface area (Å²) >= 11 is 6.09. The molecule has 1 N–H and O–H groups in total. The molecule has 2 heterocycles. The maximum atomic E-state index is 12.9. The molecule has 0 aliphatic carbocycles. The number of rotatable bonds is 5. The van der Waals surface area contributed by atoms with Crippen LogP contribution in [0, 0.1) is 5.92 Å². The minimum Gasteiger partial charge on any atom is -0.371 e. The van der Waals surface area contributed by atoms with Crippen LogP contribution in [0.2, 0.25) is 5.02 Å². The predicted octanol–water partition coefficient (Wildman–Crippen LogP) is 4.76. The molecule has 2 aliphatic rings. The molecule has 2 aliphatic heterocycles. The van der Waals surface area contributed by atoms with E-state index in [2.05, 4.69) is 10.2 Å². The molecule has 2 saturated heterocycles.